The second-order valence-corrected chi connectivity index (χ2v) is 9.77. The number of carbonyl (C=O) groups excluding carboxylic acids is 1. The summed E-state index contributed by atoms with van der Waals surface area (Å²) in [5, 5.41) is 11.8. The van der Waals surface area contributed by atoms with Crippen molar-refractivity contribution in [2.24, 2.45) is 0 Å². The lowest BCUT2D eigenvalue weighted by Crippen LogP contribution is -2.37. The monoisotopic (exact) mass is 352 g/mol. The molecule has 0 aliphatic rings. The second kappa shape index (κ2) is 7.06. The molecule has 0 fully saturated rings. The summed E-state index contributed by atoms with van der Waals surface area (Å²) >= 11 is 0. The van der Waals surface area contributed by atoms with E-state index in [0.717, 1.165) is 4.90 Å². The van der Waals surface area contributed by atoms with E-state index in [4.69, 9.17) is 11.2 Å². The highest BCUT2D eigenvalue weighted by Gasteiger charge is 2.29. The van der Waals surface area contributed by atoms with Gasteiger partial charge in [0.05, 0.1) is 11.5 Å². The van der Waals surface area contributed by atoms with Gasteiger partial charge in [-0.2, -0.15) is 0 Å². The van der Waals surface area contributed by atoms with Crippen molar-refractivity contribution >= 4 is 29.9 Å². The molecule has 1 aromatic rings. The minimum absolute atomic E-state index is 0.00407. The Labute approximate surface area is 141 Å². The third kappa shape index (κ3) is 5.10. The minimum Gasteiger partial charge on any atom is -0.443 e. The average Bonchev–Trinajstić information content (AvgIpc) is 2.41. The first kappa shape index (κ1) is 19.7. The van der Waals surface area contributed by atoms with Gasteiger partial charge < -0.3 is 9.30 Å². The molecule has 0 saturated carbocycles. The topological polar surface area (TPSA) is 89.8 Å². The van der Waals surface area contributed by atoms with Crippen molar-refractivity contribution in [2.75, 3.05) is 24.8 Å². The molecule has 0 unspecified atom stereocenters. The van der Waals surface area contributed by atoms with Crippen LogP contribution < -0.4 is 10.2 Å². The summed E-state index contributed by atoms with van der Waals surface area (Å²) in [6, 6.07) is 4.08. The zero-order chi connectivity index (χ0) is 18.7. The molecular formula is C16H21N2O5P. The molecule has 0 aromatic heterocycles. The minimum atomic E-state index is -2.69. The second-order valence-electron chi connectivity index (χ2n) is 6.55. The summed E-state index contributed by atoms with van der Waals surface area (Å²) in [4.78, 5) is 24.1. The molecule has 0 spiro atoms. The van der Waals surface area contributed by atoms with Crippen LogP contribution in [0.25, 0.3) is 0 Å². The van der Waals surface area contributed by atoms with Gasteiger partial charge in [0.15, 0.2) is 0 Å². The highest BCUT2D eigenvalue weighted by atomic mass is 31.2. The number of nitrogens with zero attached hydrogens (tertiary/aromatic N) is 2. The van der Waals surface area contributed by atoms with Crippen LogP contribution >= 0.6 is 7.14 Å². The summed E-state index contributed by atoms with van der Waals surface area (Å²) in [5.41, 5.74) is -1.12. The summed E-state index contributed by atoms with van der Waals surface area (Å²) in [5.74, 6) is 2.29. The first-order valence-corrected chi connectivity index (χ1v) is 9.75. The molecule has 130 valence electrons. The molecule has 24 heavy (non-hydrogen) atoms. The summed E-state index contributed by atoms with van der Waals surface area (Å²) < 4.78 is 17.4. The first-order valence-electron chi connectivity index (χ1n) is 7.15. The number of hydrogen-bond acceptors (Lipinski definition) is 5. The molecule has 0 bridgehead atoms. The van der Waals surface area contributed by atoms with Gasteiger partial charge in [-0.25, -0.2) is 4.79 Å². The van der Waals surface area contributed by atoms with Crippen molar-refractivity contribution in [1.29, 1.82) is 0 Å². The Morgan fingerprint density at radius 2 is 2.00 bits per heavy atom. The molecular weight excluding hydrogens is 331 g/mol. The van der Waals surface area contributed by atoms with Crippen LogP contribution in [-0.2, 0) is 9.30 Å². The van der Waals surface area contributed by atoms with Crippen molar-refractivity contribution in [3.63, 3.8) is 0 Å². The Kier molecular flexibility index (Phi) is 5.80. The smallest absolute Gasteiger partial charge is 0.415 e. The quantitative estimate of drug-likeness (QED) is 0.359. The van der Waals surface area contributed by atoms with Gasteiger partial charge in [-0.3, -0.25) is 15.0 Å². The molecule has 0 saturated heterocycles. The van der Waals surface area contributed by atoms with E-state index in [1.165, 1.54) is 31.5 Å². The SMILES string of the molecule is C#CCN(C(=O)OC(C)(C)C)c1ccc(P(C)(C)=O)cc1[N+](=O)[O-]. The Hall–Kier alpha value is -2.32. The first-order chi connectivity index (χ1) is 10.9. The number of benzene rings is 1. The Morgan fingerprint density at radius 1 is 1.42 bits per heavy atom. The summed E-state index contributed by atoms with van der Waals surface area (Å²) in [6.07, 6.45) is 4.50. The van der Waals surface area contributed by atoms with E-state index in [9.17, 15) is 19.5 Å². The Morgan fingerprint density at radius 3 is 2.42 bits per heavy atom. The number of hydrogen-bond donors (Lipinski definition) is 0. The lowest BCUT2D eigenvalue weighted by Gasteiger charge is -2.26. The maximum atomic E-state index is 12.3. The number of ether oxygens (including phenoxy) is 1. The summed E-state index contributed by atoms with van der Waals surface area (Å²) in [7, 11) is -2.69. The fourth-order valence-electron chi connectivity index (χ4n) is 1.88. The summed E-state index contributed by atoms with van der Waals surface area (Å²) in [6.45, 7) is 7.88. The highest BCUT2D eigenvalue weighted by Crippen LogP contribution is 2.38. The van der Waals surface area contributed by atoms with E-state index in [2.05, 4.69) is 5.92 Å². The van der Waals surface area contributed by atoms with Gasteiger partial charge in [0.25, 0.3) is 5.69 Å². The maximum Gasteiger partial charge on any atom is 0.415 e. The Balaban J connectivity index is 3.43. The zero-order valence-electron chi connectivity index (χ0n) is 14.4. The van der Waals surface area contributed by atoms with Crippen LogP contribution in [0.2, 0.25) is 0 Å². The van der Waals surface area contributed by atoms with Crippen molar-refractivity contribution in [2.45, 2.75) is 26.4 Å². The molecule has 0 aliphatic carbocycles. The standard InChI is InChI=1S/C16H21N2O5P/c1-7-10-17(15(19)23-16(2,3)4)13-9-8-12(24(5,6)22)11-14(13)18(20)21/h1,8-9,11H,10H2,2-6H3. The van der Waals surface area contributed by atoms with Crippen molar-refractivity contribution in [3.8, 4) is 12.3 Å². The van der Waals surface area contributed by atoms with Crippen LogP contribution in [0.3, 0.4) is 0 Å². The molecule has 0 radical (unpaired) electrons. The van der Waals surface area contributed by atoms with E-state index in [1.807, 2.05) is 0 Å². The molecule has 0 heterocycles. The highest BCUT2D eigenvalue weighted by molar-refractivity contribution is 7.70. The predicted molar refractivity (Wildman–Crippen MR) is 94.6 cm³/mol. The molecule has 8 heteroatoms. The molecule has 0 atom stereocenters. The number of terminal acetylenes is 1. The van der Waals surface area contributed by atoms with Gasteiger partial charge in [-0.05, 0) is 46.2 Å². The molecule has 1 amide bonds. The maximum absolute atomic E-state index is 12.3. The normalized spacial score (nSPS) is 11.5. The van der Waals surface area contributed by atoms with E-state index in [1.54, 1.807) is 20.8 Å². The third-order valence-electron chi connectivity index (χ3n) is 2.93. The molecule has 1 aromatic carbocycles. The fraction of sp³-hybridized carbons (Fsp3) is 0.438. The van der Waals surface area contributed by atoms with Gasteiger partial charge in [0.1, 0.15) is 18.4 Å². The molecule has 1 rings (SSSR count). The molecule has 0 N–H and O–H groups in total. The zero-order valence-corrected chi connectivity index (χ0v) is 15.3. The van der Waals surface area contributed by atoms with Crippen LogP contribution in [0.15, 0.2) is 18.2 Å². The lowest BCUT2D eigenvalue weighted by atomic mass is 10.2. The van der Waals surface area contributed by atoms with E-state index < -0.39 is 23.8 Å². The number of nitro benzene ring substituents is 1. The van der Waals surface area contributed by atoms with Crippen molar-refractivity contribution < 1.29 is 19.0 Å². The van der Waals surface area contributed by atoms with Crippen LogP contribution in [0.1, 0.15) is 20.8 Å². The third-order valence-corrected chi connectivity index (χ3v) is 4.45. The van der Waals surface area contributed by atoms with E-state index in [0.29, 0.717) is 5.30 Å². The largest absolute Gasteiger partial charge is 0.443 e. The van der Waals surface area contributed by atoms with Crippen LogP contribution in [0.4, 0.5) is 16.2 Å². The average molecular weight is 352 g/mol. The van der Waals surface area contributed by atoms with Crippen LogP contribution in [0.5, 0.6) is 0 Å². The van der Waals surface area contributed by atoms with Gasteiger partial charge >= 0.3 is 6.09 Å². The number of rotatable bonds is 4. The van der Waals surface area contributed by atoms with E-state index in [-0.39, 0.29) is 17.9 Å². The molecule has 7 nitrogen and oxygen atoms in total. The number of anilines is 1. The number of amides is 1. The molecule has 0 aliphatic heterocycles. The van der Waals surface area contributed by atoms with Gasteiger partial charge in [0.2, 0.25) is 0 Å². The van der Waals surface area contributed by atoms with E-state index >= 15 is 0 Å². The van der Waals surface area contributed by atoms with Gasteiger partial charge in [-0.15, -0.1) is 6.42 Å². The fourth-order valence-corrected chi connectivity index (χ4v) is 2.74. The number of carbonyl (C=O) groups is 1. The van der Waals surface area contributed by atoms with Crippen LogP contribution in [-0.4, -0.2) is 36.5 Å². The predicted octanol–water partition coefficient (Wildman–Crippen LogP) is 3.22. The van der Waals surface area contributed by atoms with Crippen molar-refractivity contribution in [3.05, 3.63) is 28.3 Å². The Bertz CT molecular complexity index is 740. The van der Waals surface area contributed by atoms with Crippen molar-refractivity contribution in [1.82, 2.24) is 0 Å². The van der Waals surface area contributed by atoms with Gasteiger partial charge in [-0.1, -0.05) is 5.92 Å². The lowest BCUT2D eigenvalue weighted by molar-refractivity contribution is -0.384. The van der Waals surface area contributed by atoms with Gasteiger partial charge in [0, 0.05) is 11.4 Å². The number of nitro groups is 1. The van der Waals surface area contributed by atoms with Crippen LogP contribution in [0, 0.1) is 22.5 Å².